The van der Waals surface area contributed by atoms with Crippen molar-refractivity contribution < 1.29 is 4.79 Å². The highest BCUT2D eigenvalue weighted by Gasteiger charge is 2.15. The zero-order valence-electron chi connectivity index (χ0n) is 17.2. The van der Waals surface area contributed by atoms with Gasteiger partial charge in [-0.15, -0.1) is 0 Å². The maximum atomic E-state index is 12.7. The van der Waals surface area contributed by atoms with Gasteiger partial charge in [-0.2, -0.15) is 5.26 Å². The summed E-state index contributed by atoms with van der Waals surface area (Å²) in [6, 6.07) is 15.6. The molecule has 0 fully saturated rings. The van der Waals surface area contributed by atoms with E-state index in [1.54, 1.807) is 18.2 Å². The molecule has 1 aromatic heterocycles. The van der Waals surface area contributed by atoms with Crippen LogP contribution < -0.4 is 5.32 Å². The molecule has 0 atom stereocenters. The second-order valence-corrected chi connectivity index (χ2v) is 8.78. The fourth-order valence-electron chi connectivity index (χ4n) is 3.32. The molecule has 0 aliphatic carbocycles. The van der Waals surface area contributed by atoms with Crippen molar-refractivity contribution in [3.63, 3.8) is 0 Å². The Kier molecular flexibility index (Phi) is 6.69. The second-order valence-electron chi connectivity index (χ2n) is 7.18. The first-order chi connectivity index (χ1) is 14.2. The first-order valence-electron chi connectivity index (χ1n) is 9.36. The monoisotopic (exact) mass is 529 g/mol. The predicted molar refractivity (Wildman–Crippen MR) is 131 cm³/mol. The highest BCUT2D eigenvalue weighted by molar-refractivity contribution is 14.1. The minimum atomic E-state index is -0.460. The quantitative estimate of drug-likeness (QED) is 0.238. The molecule has 1 amide bonds. The Morgan fingerprint density at radius 3 is 2.50 bits per heavy atom. The Labute approximate surface area is 195 Å². The zero-order valence-corrected chi connectivity index (χ0v) is 20.1. The number of carbonyl (C=O) groups excluding carboxylic acids is 1. The number of rotatable bonds is 4. The molecule has 30 heavy (non-hydrogen) atoms. The number of benzene rings is 2. The van der Waals surface area contributed by atoms with Gasteiger partial charge in [-0.3, -0.25) is 4.79 Å². The van der Waals surface area contributed by atoms with Crippen molar-refractivity contribution >= 4 is 51.9 Å². The van der Waals surface area contributed by atoms with Crippen molar-refractivity contribution in [2.45, 2.75) is 27.7 Å². The van der Waals surface area contributed by atoms with Gasteiger partial charge in [0, 0.05) is 31.4 Å². The average molecular weight is 530 g/mol. The minimum absolute atomic E-state index is 0.0356. The molecule has 0 aliphatic rings. The number of aromatic nitrogens is 1. The maximum absolute atomic E-state index is 12.7. The van der Waals surface area contributed by atoms with Crippen molar-refractivity contribution in [1.82, 2.24) is 4.57 Å². The Bertz CT molecular complexity index is 1220. The molecular formula is C24H21ClIN3O. The van der Waals surface area contributed by atoms with Crippen LogP contribution in [0, 0.1) is 42.6 Å². The van der Waals surface area contributed by atoms with E-state index >= 15 is 0 Å². The molecule has 4 nitrogen and oxygen atoms in total. The average Bonchev–Trinajstić information content (AvgIpc) is 2.98. The summed E-state index contributed by atoms with van der Waals surface area (Å²) in [5.74, 6) is -0.460. The summed E-state index contributed by atoms with van der Waals surface area (Å²) in [6.07, 6.45) is 1.63. The molecule has 3 rings (SSSR count). The van der Waals surface area contributed by atoms with Crippen LogP contribution in [0.5, 0.6) is 0 Å². The van der Waals surface area contributed by atoms with Crippen LogP contribution >= 0.6 is 34.2 Å². The smallest absolute Gasteiger partial charge is 0.266 e. The normalized spacial score (nSPS) is 11.3. The minimum Gasteiger partial charge on any atom is -0.321 e. The van der Waals surface area contributed by atoms with Crippen molar-refractivity contribution in [3.05, 3.63) is 84.7 Å². The summed E-state index contributed by atoms with van der Waals surface area (Å²) >= 11 is 8.35. The van der Waals surface area contributed by atoms with Gasteiger partial charge in [-0.25, -0.2) is 0 Å². The lowest BCUT2D eigenvalue weighted by Crippen LogP contribution is -2.14. The van der Waals surface area contributed by atoms with E-state index in [2.05, 4.69) is 57.6 Å². The van der Waals surface area contributed by atoms with Crippen molar-refractivity contribution in [2.24, 2.45) is 0 Å². The predicted octanol–water partition coefficient (Wildman–Crippen LogP) is 6.51. The molecule has 0 bridgehead atoms. The molecule has 3 aromatic rings. The van der Waals surface area contributed by atoms with E-state index in [0.29, 0.717) is 10.7 Å². The van der Waals surface area contributed by atoms with Gasteiger partial charge in [0.1, 0.15) is 11.6 Å². The van der Waals surface area contributed by atoms with Gasteiger partial charge in [0.2, 0.25) is 0 Å². The molecule has 1 heterocycles. The topological polar surface area (TPSA) is 57.8 Å². The molecule has 152 valence electrons. The zero-order chi connectivity index (χ0) is 22.0. The van der Waals surface area contributed by atoms with Crippen LogP contribution in [0.3, 0.4) is 0 Å². The van der Waals surface area contributed by atoms with Crippen molar-refractivity contribution in [1.29, 1.82) is 5.26 Å². The van der Waals surface area contributed by atoms with E-state index in [1.807, 2.05) is 39.0 Å². The van der Waals surface area contributed by atoms with Crippen LogP contribution in [0.2, 0.25) is 5.02 Å². The highest BCUT2D eigenvalue weighted by atomic mass is 127. The Hall–Kier alpha value is -2.56. The fraction of sp³-hybridized carbons (Fsp3) is 0.167. The fourth-order valence-corrected chi connectivity index (χ4v) is 3.83. The van der Waals surface area contributed by atoms with E-state index in [1.165, 1.54) is 9.13 Å². The SMILES string of the molecule is Cc1cc(-n2c(C)cc(/C=C(/C#N)C(=O)Nc3cc(Cl)ccc3C)c2C)ccc1I. The van der Waals surface area contributed by atoms with Crippen molar-refractivity contribution in [3.8, 4) is 11.8 Å². The third kappa shape index (κ3) is 4.61. The van der Waals surface area contributed by atoms with Gasteiger partial charge < -0.3 is 9.88 Å². The molecule has 0 radical (unpaired) electrons. The van der Waals surface area contributed by atoms with E-state index < -0.39 is 5.91 Å². The molecule has 0 spiro atoms. The number of aryl methyl sites for hydroxylation is 3. The molecule has 1 N–H and O–H groups in total. The summed E-state index contributed by atoms with van der Waals surface area (Å²) in [5.41, 5.74) is 6.58. The number of hydrogen-bond donors (Lipinski definition) is 1. The first kappa shape index (κ1) is 22.1. The van der Waals surface area contributed by atoms with E-state index in [0.717, 1.165) is 28.2 Å². The summed E-state index contributed by atoms with van der Waals surface area (Å²) in [5, 5.41) is 12.9. The van der Waals surface area contributed by atoms with Crippen LogP contribution in [-0.4, -0.2) is 10.5 Å². The molecular weight excluding hydrogens is 509 g/mol. The second kappa shape index (κ2) is 9.07. The van der Waals surface area contributed by atoms with Gasteiger partial charge >= 0.3 is 0 Å². The van der Waals surface area contributed by atoms with Gasteiger partial charge in [-0.05, 0) is 109 Å². The van der Waals surface area contributed by atoms with Gasteiger partial charge in [0.15, 0.2) is 0 Å². The number of carbonyl (C=O) groups is 1. The summed E-state index contributed by atoms with van der Waals surface area (Å²) < 4.78 is 3.34. The van der Waals surface area contributed by atoms with Gasteiger partial charge in [0.05, 0.1) is 0 Å². The number of nitrogens with one attached hydrogen (secondary N) is 1. The summed E-state index contributed by atoms with van der Waals surface area (Å²) in [6.45, 7) is 7.95. The third-order valence-electron chi connectivity index (χ3n) is 4.98. The van der Waals surface area contributed by atoms with Crippen molar-refractivity contribution in [2.75, 3.05) is 5.32 Å². The maximum Gasteiger partial charge on any atom is 0.266 e. The largest absolute Gasteiger partial charge is 0.321 e. The lowest BCUT2D eigenvalue weighted by atomic mass is 10.1. The Balaban J connectivity index is 1.96. The molecule has 0 saturated carbocycles. The Morgan fingerprint density at radius 2 is 1.83 bits per heavy atom. The standard InChI is InChI=1S/C24H21ClIN3O/c1-14-5-6-20(25)12-23(14)28-24(30)19(13-27)11-18-10-16(3)29(17(18)4)21-7-8-22(26)15(2)9-21/h5-12H,1-4H3,(H,28,30)/b19-11-. The van der Waals surface area contributed by atoms with Crippen LogP contribution in [0.4, 0.5) is 5.69 Å². The van der Waals surface area contributed by atoms with Gasteiger partial charge in [-0.1, -0.05) is 17.7 Å². The van der Waals surface area contributed by atoms with E-state index in [-0.39, 0.29) is 5.57 Å². The number of hydrogen-bond acceptors (Lipinski definition) is 2. The third-order valence-corrected chi connectivity index (χ3v) is 6.43. The molecule has 0 aliphatic heterocycles. The molecule has 2 aromatic carbocycles. The molecule has 0 saturated heterocycles. The lowest BCUT2D eigenvalue weighted by molar-refractivity contribution is -0.112. The van der Waals surface area contributed by atoms with E-state index in [4.69, 9.17) is 11.6 Å². The van der Waals surface area contributed by atoms with Crippen LogP contribution in [0.15, 0.2) is 48.0 Å². The first-order valence-corrected chi connectivity index (χ1v) is 10.8. The number of halogens is 2. The molecule has 0 unspecified atom stereocenters. The van der Waals surface area contributed by atoms with E-state index in [9.17, 15) is 10.1 Å². The van der Waals surface area contributed by atoms with Crippen LogP contribution in [0.1, 0.15) is 28.1 Å². The number of anilines is 1. The Morgan fingerprint density at radius 1 is 1.10 bits per heavy atom. The summed E-state index contributed by atoms with van der Waals surface area (Å²) in [4.78, 5) is 12.7. The highest BCUT2D eigenvalue weighted by Crippen LogP contribution is 2.26. The number of nitrogens with zero attached hydrogens (tertiary/aromatic N) is 2. The van der Waals surface area contributed by atoms with Gasteiger partial charge in [0.25, 0.3) is 5.91 Å². The van der Waals surface area contributed by atoms with Crippen LogP contribution in [0.25, 0.3) is 11.8 Å². The molecule has 6 heteroatoms. The number of amides is 1. The summed E-state index contributed by atoms with van der Waals surface area (Å²) in [7, 11) is 0. The van der Waals surface area contributed by atoms with Crippen LogP contribution in [-0.2, 0) is 4.79 Å². The number of nitriles is 1. The lowest BCUT2D eigenvalue weighted by Gasteiger charge is -2.11.